The van der Waals surface area contributed by atoms with Gasteiger partial charge in [-0.2, -0.15) is 0 Å². The van der Waals surface area contributed by atoms with E-state index in [0.717, 1.165) is 5.56 Å². The van der Waals surface area contributed by atoms with Crippen LogP contribution in [0.25, 0.3) is 0 Å². The van der Waals surface area contributed by atoms with E-state index in [1.54, 1.807) is 12.1 Å². The van der Waals surface area contributed by atoms with Crippen molar-refractivity contribution in [2.45, 2.75) is 20.0 Å². The number of hydrogen-bond acceptors (Lipinski definition) is 2. The summed E-state index contributed by atoms with van der Waals surface area (Å²) in [4.78, 5) is 11.6. The smallest absolute Gasteiger partial charge is 0.164 e. The van der Waals surface area contributed by atoms with E-state index in [4.69, 9.17) is 16.7 Å². The van der Waals surface area contributed by atoms with Gasteiger partial charge in [0.15, 0.2) is 5.78 Å². The number of aliphatic hydroxyl groups excluding tert-OH is 1. The van der Waals surface area contributed by atoms with Crippen molar-refractivity contribution in [3.05, 3.63) is 34.9 Å². The number of carbonyl (C=O) groups excluding carboxylic acids is 1. The minimum absolute atomic E-state index is 0.00671. The van der Waals surface area contributed by atoms with Crippen LogP contribution in [0.2, 0.25) is 0 Å². The lowest BCUT2D eigenvalue weighted by Gasteiger charge is -2.06. The zero-order valence-electron chi connectivity index (χ0n) is 8.09. The number of benzene rings is 1. The van der Waals surface area contributed by atoms with Crippen LogP contribution in [-0.4, -0.2) is 16.8 Å². The van der Waals surface area contributed by atoms with Gasteiger partial charge in [-0.3, -0.25) is 4.79 Å². The molecule has 1 N–H and O–H groups in total. The fourth-order valence-corrected chi connectivity index (χ4v) is 1.48. The van der Waals surface area contributed by atoms with Crippen molar-refractivity contribution in [1.29, 1.82) is 0 Å². The fourth-order valence-electron chi connectivity index (χ4n) is 1.31. The lowest BCUT2D eigenvalue weighted by Crippen LogP contribution is -2.05. The highest BCUT2D eigenvalue weighted by Crippen LogP contribution is 2.14. The van der Waals surface area contributed by atoms with Crippen LogP contribution in [-0.2, 0) is 6.61 Å². The zero-order valence-corrected chi connectivity index (χ0v) is 8.84. The van der Waals surface area contributed by atoms with Gasteiger partial charge in [0, 0.05) is 17.9 Å². The number of aryl methyl sites for hydroxylation is 1. The molecule has 0 aliphatic carbocycles. The second-order valence-corrected chi connectivity index (χ2v) is 3.56. The van der Waals surface area contributed by atoms with Crippen molar-refractivity contribution in [3.63, 3.8) is 0 Å². The van der Waals surface area contributed by atoms with Gasteiger partial charge in [0.25, 0.3) is 0 Å². The third-order valence-electron chi connectivity index (χ3n) is 2.06. The molecule has 0 radical (unpaired) electrons. The van der Waals surface area contributed by atoms with Gasteiger partial charge in [0.05, 0.1) is 6.61 Å². The summed E-state index contributed by atoms with van der Waals surface area (Å²) in [5, 5.41) is 9.04. The molecule has 0 saturated carbocycles. The maximum Gasteiger partial charge on any atom is 0.164 e. The van der Waals surface area contributed by atoms with Gasteiger partial charge in [-0.05, 0) is 18.6 Å². The van der Waals surface area contributed by atoms with Crippen molar-refractivity contribution >= 4 is 17.4 Å². The van der Waals surface area contributed by atoms with Crippen LogP contribution >= 0.6 is 11.6 Å². The van der Waals surface area contributed by atoms with Crippen LogP contribution in [0.1, 0.15) is 27.9 Å². The molecule has 0 aromatic heterocycles. The summed E-state index contributed by atoms with van der Waals surface area (Å²) in [5.74, 6) is 0.310. The number of halogens is 1. The van der Waals surface area contributed by atoms with Gasteiger partial charge in [-0.1, -0.05) is 17.7 Å². The van der Waals surface area contributed by atoms with E-state index >= 15 is 0 Å². The average Bonchev–Trinajstić information content (AvgIpc) is 2.18. The van der Waals surface area contributed by atoms with Gasteiger partial charge < -0.3 is 5.11 Å². The minimum Gasteiger partial charge on any atom is -0.392 e. The Kier molecular flexibility index (Phi) is 4.11. The molecule has 3 heteroatoms. The molecule has 1 aromatic carbocycles. The maximum atomic E-state index is 11.6. The Hall–Kier alpha value is -0.860. The Balaban J connectivity index is 3.03. The van der Waals surface area contributed by atoms with Crippen LogP contribution < -0.4 is 0 Å². The number of aliphatic hydroxyl groups is 1. The molecule has 2 nitrogen and oxygen atoms in total. The number of hydrogen-bond donors (Lipinski definition) is 1. The molecule has 0 heterocycles. The van der Waals surface area contributed by atoms with E-state index < -0.39 is 0 Å². The summed E-state index contributed by atoms with van der Waals surface area (Å²) in [7, 11) is 0. The van der Waals surface area contributed by atoms with E-state index in [1.165, 1.54) is 0 Å². The first-order valence-electron chi connectivity index (χ1n) is 4.48. The summed E-state index contributed by atoms with van der Waals surface area (Å²) < 4.78 is 0. The Morgan fingerprint density at radius 2 is 2.21 bits per heavy atom. The van der Waals surface area contributed by atoms with Crippen LogP contribution in [0.3, 0.4) is 0 Å². The highest BCUT2D eigenvalue weighted by molar-refractivity contribution is 6.19. The zero-order chi connectivity index (χ0) is 10.6. The first-order chi connectivity index (χ1) is 6.69. The number of Topliss-reactive ketones (excluding diaryl/α,β-unsaturated/α-hetero) is 1. The number of ketones is 1. The van der Waals surface area contributed by atoms with Crippen LogP contribution in [0, 0.1) is 6.92 Å². The van der Waals surface area contributed by atoms with Crippen molar-refractivity contribution in [2.24, 2.45) is 0 Å². The van der Waals surface area contributed by atoms with Gasteiger partial charge >= 0.3 is 0 Å². The predicted octanol–water partition coefficient (Wildman–Crippen LogP) is 2.30. The van der Waals surface area contributed by atoms with E-state index in [1.807, 2.05) is 13.0 Å². The van der Waals surface area contributed by atoms with Crippen molar-refractivity contribution in [3.8, 4) is 0 Å². The Morgan fingerprint density at radius 3 is 2.79 bits per heavy atom. The average molecular weight is 213 g/mol. The third-order valence-corrected chi connectivity index (χ3v) is 2.25. The maximum absolute atomic E-state index is 11.6. The molecule has 0 spiro atoms. The van der Waals surface area contributed by atoms with Gasteiger partial charge in [-0.15, -0.1) is 11.6 Å². The Labute approximate surface area is 88.5 Å². The fraction of sp³-hybridized carbons (Fsp3) is 0.364. The van der Waals surface area contributed by atoms with Crippen molar-refractivity contribution in [2.75, 3.05) is 5.88 Å². The summed E-state index contributed by atoms with van der Waals surface area (Å²) >= 11 is 5.50. The number of rotatable bonds is 4. The lowest BCUT2D eigenvalue weighted by molar-refractivity contribution is 0.0986. The predicted molar refractivity (Wildman–Crippen MR) is 56.8 cm³/mol. The molecule has 0 fully saturated rings. The minimum atomic E-state index is -0.108. The Morgan fingerprint density at radius 1 is 1.50 bits per heavy atom. The van der Waals surface area contributed by atoms with Crippen LogP contribution in [0.15, 0.2) is 18.2 Å². The Bertz CT molecular complexity index is 334. The van der Waals surface area contributed by atoms with E-state index in [2.05, 4.69) is 0 Å². The number of alkyl halides is 1. The molecule has 0 aliphatic heterocycles. The molecule has 1 aromatic rings. The highest BCUT2D eigenvalue weighted by Gasteiger charge is 2.10. The quantitative estimate of drug-likeness (QED) is 0.614. The molecule has 14 heavy (non-hydrogen) atoms. The normalized spacial score (nSPS) is 10.2. The van der Waals surface area contributed by atoms with Gasteiger partial charge in [0.2, 0.25) is 0 Å². The van der Waals surface area contributed by atoms with E-state index in [0.29, 0.717) is 23.4 Å². The summed E-state index contributed by atoms with van der Waals surface area (Å²) in [6.07, 6.45) is 0.317. The van der Waals surface area contributed by atoms with Gasteiger partial charge in [-0.25, -0.2) is 0 Å². The summed E-state index contributed by atoms with van der Waals surface area (Å²) in [6.45, 7) is 1.81. The molecule has 0 atom stereocenters. The van der Waals surface area contributed by atoms with Crippen LogP contribution in [0.5, 0.6) is 0 Å². The highest BCUT2D eigenvalue weighted by atomic mass is 35.5. The second-order valence-electron chi connectivity index (χ2n) is 3.18. The first-order valence-corrected chi connectivity index (χ1v) is 5.02. The molecule has 0 saturated heterocycles. The topological polar surface area (TPSA) is 37.3 Å². The largest absolute Gasteiger partial charge is 0.392 e. The van der Waals surface area contributed by atoms with Gasteiger partial charge in [0.1, 0.15) is 0 Å². The summed E-state index contributed by atoms with van der Waals surface area (Å²) in [6, 6.07) is 5.44. The molecular weight excluding hydrogens is 200 g/mol. The van der Waals surface area contributed by atoms with Crippen molar-refractivity contribution < 1.29 is 9.90 Å². The molecule has 1 rings (SSSR count). The molecule has 76 valence electrons. The molecule has 0 amide bonds. The molecule has 0 aliphatic rings. The standard InChI is InChI=1S/C11H13ClO2/c1-8-2-3-9(7-13)10(6-8)11(14)4-5-12/h2-3,6,13H,4-5,7H2,1H3. The first kappa shape index (κ1) is 11.2. The molecule has 0 unspecified atom stereocenters. The number of carbonyl (C=O) groups is 1. The molecular formula is C11H13ClO2. The monoisotopic (exact) mass is 212 g/mol. The summed E-state index contributed by atoms with van der Waals surface area (Å²) in [5.41, 5.74) is 2.28. The SMILES string of the molecule is Cc1ccc(CO)c(C(=O)CCCl)c1. The van der Waals surface area contributed by atoms with Crippen molar-refractivity contribution in [1.82, 2.24) is 0 Å². The lowest BCUT2D eigenvalue weighted by atomic mass is 10.00. The second kappa shape index (κ2) is 5.13. The van der Waals surface area contributed by atoms with E-state index in [9.17, 15) is 4.79 Å². The van der Waals surface area contributed by atoms with E-state index in [-0.39, 0.29) is 12.4 Å². The third kappa shape index (κ3) is 2.56. The molecule has 0 bridgehead atoms. The van der Waals surface area contributed by atoms with Crippen LogP contribution in [0.4, 0.5) is 0 Å².